The van der Waals surface area contributed by atoms with E-state index >= 15 is 0 Å². The molecule has 0 radical (unpaired) electrons. The molecule has 0 fully saturated rings. The third-order valence-electron chi connectivity index (χ3n) is 1.18. The lowest BCUT2D eigenvalue weighted by molar-refractivity contribution is -0.131. The lowest BCUT2D eigenvalue weighted by atomic mass is 10.2. The van der Waals surface area contributed by atoms with E-state index in [2.05, 4.69) is 0 Å². The summed E-state index contributed by atoms with van der Waals surface area (Å²) in [5.74, 6) is -0.922. The fourth-order valence-electron chi connectivity index (χ4n) is 0.670. The zero-order chi connectivity index (χ0) is 9.40. The molecule has 0 bridgehead atoms. The number of aliphatic carboxylic acids is 1. The van der Waals surface area contributed by atoms with E-state index in [0.717, 1.165) is 12.5 Å². The lowest BCUT2D eigenvalue weighted by Crippen LogP contribution is -1.91. The van der Waals surface area contributed by atoms with Crippen molar-refractivity contribution in [2.75, 3.05) is 0 Å². The third kappa shape index (κ3) is 8.91. The van der Waals surface area contributed by atoms with Gasteiger partial charge in [-0.2, -0.15) is 0 Å². The molecule has 0 amide bonds. The Labute approximate surface area is 72.0 Å². The Balaban J connectivity index is 3.39. The number of aliphatic hydroxyl groups is 1. The van der Waals surface area contributed by atoms with Gasteiger partial charge < -0.3 is 10.2 Å². The van der Waals surface area contributed by atoms with E-state index in [1.165, 1.54) is 0 Å². The lowest BCUT2D eigenvalue weighted by Gasteiger charge is -1.91. The van der Waals surface area contributed by atoms with Crippen LogP contribution in [0.1, 0.15) is 19.8 Å². The number of hydrogen-bond donors (Lipinski definition) is 2. The molecule has 1 unspecified atom stereocenters. The monoisotopic (exact) mass is 170 g/mol. The average molecular weight is 170 g/mol. The quantitative estimate of drug-likeness (QED) is 0.372. The number of allylic oxidation sites excluding steroid dienone is 2. The highest BCUT2D eigenvalue weighted by atomic mass is 16.4. The Morgan fingerprint density at radius 3 is 2.50 bits per heavy atom. The minimum absolute atomic E-state index is 0.423. The van der Waals surface area contributed by atoms with Crippen LogP contribution in [0.3, 0.4) is 0 Å². The van der Waals surface area contributed by atoms with Gasteiger partial charge in [0.05, 0.1) is 6.10 Å². The Morgan fingerprint density at radius 2 is 2.00 bits per heavy atom. The third-order valence-corrected chi connectivity index (χ3v) is 1.18. The molecule has 0 heterocycles. The van der Waals surface area contributed by atoms with Gasteiger partial charge in [0, 0.05) is 6.08 Å². The topological polar surface area (TPSA) is 57.5 Å². The number of aliphatic hydroxyl groups excluding tert-OH is 1. The molecule has 3 nitrogen and oxygen atoms in total. The standard InChI is InChI=1S/C9H14O3/c1-8(10)6-4-2-3-5-7-9(11)12/h4-8,10H,2-3H2,1H3,(H,11,12)/b6-4+,7-5+. The Morgan fingerprint density at radius 1 is 1.42 bits per heavy atom. The minimum atomic E-state index is -0.922. The van der Waals surface area contributed by atoms with Crippen molar-refractivity contribution in [1.29, 1.82) is 0 Å². The fraction of sp³-hybridized carbons (Fsp3) is 0.444. The van der Waals surface area contributed by atoms with E-state index < -0.39 is 12.1 Å². The van der Waals surface area contributed by atoms with Crippen LogP contribution in [0.5, 0.6) is 0 Å². The van der Waals surface area contributed by atoms with Gasteiger partial charge in [-0.15, -0.1) is 0 Å². The molecule has 0 saturated carbocycles. The Bertz CT molecular complexity index is 180. The van der Waals surface area contributed by atoms with Crippen molar-refractivity contribution in [2.24, 2.45) is 0 Å². The number of carbonyl (C=O) groups is 1. The molecule has 1 atom stereocenters. The zero-order valence-electron chi connectivity index (χ0n) is 7.10. The van der Waals surface area contributed by atoms with Crippen LogP contribution < -0.4 is 0 Å². The summed E-state index contributed by atoms with van der Waals surface area (Å²) in [6.07, 6.45) is 7.24. The number of unbranched alkanes of at least 4 members (excludes halogenated alkanes) is 1. The summed E-state index contributed by atoms with van der Waals surface area (Å²) in [6.45, 7) is 1.67. The molecule has 0 saturated heterocycles. The first-order chi connectivity index (χ1) is 5.63. The first-order valence-corrected chi connectivity index (χ1v) is 3.87. The van der Waals surface area contributed by atoms with Crippen molar-refractivity contribution < 1.29 is 15.0 Å². The van der Waals surface area contributed by atoms with Gasteiger partial charge in [0.1, 0.15) is 0 Å². The second-order valence-electron chi connectivity index (χ2n) is 2.49. The number of carboxylic acids is 1. The van der Waals surface area contributed by atoms with Crippen LogP contribution in [0.2, 0.25) is 0 Å². The summed E-state index contributed by atoms with van der Waals surface area (Å²) < 4.78 is 0. The molecular formula is C9H14O3. The van der Waals surface area contributed by atoms with Crippen LogP contribution in [0.25, 0.3) is 0 Å². The predicted octanol–water partition coefficient (Wildman–Crippen LogP) is 1.34. The van der Waals surface area contributed by atoms with E-state index in [1.807, 2.05) is 6.08 Å². The van der Waals surface area contributed by atoms with Crippen LogP contribution in [0.15, 0.2) is 24.3 Å². The van der Waals surface area contributed by atoms with Gasteiger partial charge in [0.15, 0.2) is 0 Å². The van der Waals surface area contributed by atoms with Crippen molar-refractivity contribution in [2.45, 2.75) is 25.9 Å². The van der Waals surface area contributed by atoms with Gasteiger partial charge in [0.2, 0.25) is 0 Å². The van der Waals surface area contributed by atoms with Crippen LogP contribution in [0, 0.1) is 0 Å². The maximum Gasteiger partial charge on any atom is 0.327 e. The van der Waals surface area contributed by atoms with Crippen LogP contribution in [-0.4, -0.2) is 22.3 Å². The van der Waals surface area contributed by atoms with E-state index in [1.54, 1.807) is 19.1 Å². The molecule has 0 rings (SSSR count). The Kier molecular flexibility index (Phi) is 6.01. The van der Waals surface area contributed by atoms with Crippen LogP contribution >= 0.6 is 0 Å². The Hall–Kier alpha value is -1.09. The van der Waals surface area contributed by atoms with Crippen molar-refractivity contribution >= 4 is 5.97 Å². The molecule has 0 aromatic carbocycles. The van der Waals surface area contributed by atoms with Crippen molar-refractivity contribution in [3.05, 3.63) is 24.3 Å². The molecule has 68 valence electrons. The van der Waals surface area contributed by atoms with E-state index in [-0.39, 0.29) is 0 Å². The predicted molar refractivity (Wildman–Crippen MR) is 46.8 cm³/mol. The number of hydrogen-bond acceptors (Lipinski definition) is 2. The van der Waals surface area contributed by atoms with Crippen LogP contribution in [-0.2, 0) is 4.79 Å². The molecule has 0 aromatic heterocycles. The number of carboxylic acid groups (broad SMARTS) is 1. The normalized spacial score (nSPS) is 14.2. The fourth-order valence-corrected chi connectivity index (χ4v) is 0.670. The van der Waals surface area contributed by atoms with E-state index in [9.17, 15) is 4.79 Å². The molecule has 0 aliphatic heterocycles. The summed E-state index contributed by atoms with van der Waals surface area (Å²) in [5, 5.41) is 17.0. The van der Waals surface area contributed by atoms with Gasteiger partial charge in [-0.25, -0.2) is 4.79 Å². The smallest absolute Gasteiger partial charge is 0.327 e. The maximum atomic E-state index is 10.00. The van der Waals surface area contributed by atoms with Gasteiger partial charge in [-0.1, -0.05) is 18.2 Å². The van der Waals surface area contributed by atoms with E-state index in [0.29, 0.717) is 6.42 Å². The molecule has 12 heavy (non-hydrogen) atoms. The maximum absolute atomic E-state index is 10.00. The second kappa shape index (κ2) is 6.61. The molecular weight excluding hydrogens is 156 g/mol. The zero-order valence-corrected chi connectivity index (χ0v) is 7.10. The van der Waals surface area contributed by atoms with Gasteiger partial charge in [-0.3, -0.25) is 0 Å². The summed E-state index contributed by atoms with van der Waals surface area (Å²) in [7, 11) is 0. The molecule has 0 aliphatic rings. The highest BCUT2D eigenvalue weighted by molar-refractivity contribution is 5.79. The minimum Gasteiger partial charge on any atom is -0.478 e. The summed E-state index contributed by atoms with van der Waals surface area (Å²) in [6, 6.07) is 0. The van der Waals surface area contributed by atoms with Crippen molar-refractivity contribution in [3.8, 4) is 0 Å². The summed E-state index contributed by atoms with van der Waals surface area (Å²) in [4.78, 5) is 10.00. The molecule has 0 aromatic rings. The SMILES string of the molecule is CC(O)/C=C/CC/C=C/C(=O)O. The highest BCUT2D eigenvalue weighted by Gasteiger charge is 1.85. The average Bonchev–Trinajstić information content (AvgIpc) is 1.95. The summed E-state index contributed by atoms with van der Waals surface area (Å²) in [5.41, 5.74) is 0. The first kappa shape index (κ1) is 10.9. The van der Waals surface area contributed by atoms with Crippen LogP contribution in [0.4, 0.5) is 0 Å². The van der Waals surface area contributed by atoms with E-state index in [4.69, 9.17) is 10.2 Å². The van der Waals surface area contributed by atoms with Gasteiger partial charge >= 0.3 is 5.97 Å². The van der Waals surface area contributed by atoms with Crippen molar-refractivity contribution in [3.63, 3.8) is 0 Å². The highest BCUT2D eigenvalue weighted by Crippen LogP contribution is 1.94. The first-order valence-electron chi connectivity index (χ1n) is 3.87. The second-order valence-corrected chi connectivity index (χ2v) is 2.49. The van der Waals surface area contributed by atoms with Gasteiger partial charge in [-0.05, 0) is 19.8 Å². The molecule has 3 heteroatoms. The molecule has 0 spiro atoms. The molecule has 0 aliphatic carbocycles. The molecule has 2 N–H and O–H groups in total. The largest absolute Gasteiger partial charge is 0.478 e. The van der Waals surface area contributed by atoms with Gasteiger partial charge in [0.25, 0.3) is 0 Å². The summed E-state index contributed by atoms with van der Waals surface area (Å²) >= 11 is 0. The number of rotatable bonds is 5. The van der Waals surface area contributed by atoms with Crippen molar-refractivity contribution in [1.82, 2.24) is 0 Å².